The summed E-state index contributed by atoms with van der Waals surface area (Å²) in [5.41, 5.74) is -0.312. The zero-order valence-electron chi connectivity index (χ0n) is 14.6. The molecule has 0 spiro atoms. The number of sulfone groups is 1. The largest absolute Gasteiger partial charge is 0.463 e. The van der Waals surface area contributed by atoms with Crippen molar-refractivity contribution in [3.63, 3.8) is 0 Å². The molecule has 28 heavy (non-hydrogen) atoms. The van der Waals surface area contributed by atoms with Crippen LogP contribution in [-0.4, -0.2) is 27.6 Å². The first kappa shape index (κ1) is 17.7. The van der Waals surface area contributed by atoms with Crippen LogP contribution in [0.5, 0.6) is 0 Å². The van der Waals surface area contributed by atoms with Crippen LogP contribution in [0, 0.1) is 11.3 Å². The Hall–Kier alpha value is -3.71. The van der Waals surface area contributed by atoms with Crippen molar-refractivity contribution in [2.24, 2.45) is 7.05 Å². The maximum absolute atomic E-state index is 13.1. The number of fused-ring (bicyclic) bond motifs is 1. The van der Waals surface area contributed by atoms with E-state index < -0.39 is 15.4 Å². The smallest absolute Gasteiger partial charge is 0.273 e. The third-order valence-electron chi connectivity index (χ3n) is 4.24. The third kappa shape index (κ3) is 2.69. The first-order chi connectivity index (χ1) is 13.4. The van der Waals surface area contributed by atoms with Crippen LogP contribution in [0.2, 0.25) is 0 Å². The quantitative estimate of drug-likeness (QED) is 0.513. The highest BCUT2D eigenvalue weighted by Crippen LogP contribution is 2.26. The molecule has 1 aromatic carbocycles. The minimum absolute atomic E-state index is 0.00207. The van der Waals surface area contributed by atoms with E-state index in [0.717, 1.165) is 4.57 Å². The summed E-state index contributed by atoms with van der Waals surface area (Å²) in [6, 6.07) is 13.6. The van der Waals surface area contributed by atoms with Gasteiger partial charge in [0.15, 0.2) is 5.76 Å². The molecule has 0 fully saturated rings. The number of benzene rings is 1. The summed E-state index contributed by atoms with van der Waals surface area (Å²) in [6.07, 6.45) is 1.36. The van der Waals surface area contributed by atoms with Crippen LogP contribution >= 0.6 is 0 Å². The fourth-order valence-corrected chi connectivity index (χ4v) is 4.33. The van der Waals surface area contributed by atoms with Gasteiger partial charge in [0.05, 0.1) is 12.0 Å². The maximum atomic E-state index is 13.1. The molecule has 9 nitrogen and oxygen atoms in total. The minimum Gasteiger partial charge on any atom is -0.463 e. The van der Waals surface area contributed by atoms with E-state index in [0.29, 0.717) is 5.56 Å². The van der Waals surface area contributed by atoms with Crippen LogP contribution in [0.15, 0.2) is 63.1 Å². The number of aryl methyl sites for hydroxylation is 1. The van der Waals surface area contributed by atoms with E-state index in [-0.39, 0.29) is 33.7 Å². The first-order valence-electron chi connectivity index (χ1n) is 8.13. The first-order valence-corrected chi connectivity index (χ1v) is 9.78. The van der Waals surface area contributed by atoms with Gasteiger partial charge in [-0.25, -0.2) is 12.8 Å². The van der Waals surface area contributed by atoms with E-state index in [1.54, 1.807) is 36.4 Å². The molecule has 140 valence electrons. The van der Waals surface area contributed by atoms with Crippen LogP contribution in [0.1, 0.15) is 11.1 Å². The summed E-state index contributed by atoms with van der Waals surface area (Å²) in [7, 11) is -2.55. The van der Waals surface area contributed by atoms with E-state index in [2.05, 4.69) is 10.2 Å². The molecule has 0 amide bonds. The molecular weight excluding hydrogens is 382 g/mol. The maximum Gasteiger partial charge on any atom is 0.273 e. The SMILES string of the molecule is Cn1c(=O)c(C#N)c(-c2ccco2)n2c(S(=O)(=O)Cc3ccccc3)nnc12. The zero-order chi connectivity index (χ0) is 19.9. The Bertz CT molecular complexity index is 1380. The van der Waals surface area contributed by atoms with Gasteiger partial charge in [0.2, 0.25) is 15.6 Å². The fourth-order valence-electron chi connectivity index (χ4n) is 2.95. The second-order valence-electron chi connectivity index (χ2n) is 6.04. The van der Waals surface area contributed by atoms with Crippen molar-refractivity contribution in [2.75, 3.05) is 0 Å². The van der Waals surface area contributed by atoms with Crippen LogP contribution in [0.25, 0.3) is 17.2 Å². The topological polar surface area (TPSA) is 123 Å². The van der Waals surface area contributed by atoms with Crippen LogP contribution < -0.4 is 5.56 Å². The standard InChI is InChI=1S/C18H13N5O4S/c1-22-16(24)13(10-19)15(14-8-5-9-27-14)23-17(22)20-21-18(23)28(25,26)11-12-6-3-2-4-7-12/h2-9H,11H2,1H3. The average Bonchev–Trinajstić information content (AvgIpc) is 3.35. The van der Waals surface area contributed by atoms with Gasteiger partial charge in [0.1, 0.15) is 17.3 Å². The monoisotopic (exact) mass is 395 g/mol. The second kappa shape index (κ2) is 6.47. The molecule has 0 aliphatic rings. The summed E-state index contributed by atoms with van der Waals surface area (Å²) < 4.78 is 33.8. The Morgan fingerprint density at radius 2 is 1.89 bits per heavy atom. The lowest BCUT2D eigenvalue weighted by atomic mass is 10.2. The lowest BCUT2D eigenvalue weighted by Crippen LogP contribution is -2.25. The Balaban J connectivity index is 2.06. The molecule has 0 aliphatic heterocycles. The number of nitriles is 1. The normalized spacial score (nSPS) is 11.6. The lowest BCUT2D eigenvalue weighted by molar-refractivity contribution is 0.572. The van der Waals surface area contributed by atoms with Crippen molar-refractivity contribution in [1.82, 2.24) is 19.2 Å². The molecular formula is C18H13N5O4S. The van der Waals surface area contributed by atoms with Crippen LogP contribution in [-0.2, 0) is 22.6 Å². The van der Waals surface area contributed by atoms with Gasteiger partial charge in [-0.15, -0.1) is 10.2 Å². The summed E-state index contributed by atoms with van der Waals surface area (Å²) in [6.45, 7) is 0. The summed E-state index contributed by atoms with van der Waals surface area (Å²) in [4.78, 5) is 12.5. The van der Waals surface area contributed by atoms with Crippen molar-refractivity contribution >= 4 is 15.6 Å². The van der Waals surface area contributed by atoms with E-state index in [1.165, 1.54) is 23.8 Å². The van der Waals surface area contributed by atoms with E-state index >= 15 is 0 Å². The molecule has 3 aromatic heterocycles. The molecule has 0 radical (unpaired) electrons. The van der Waals surface area contributed by atoms with Gasteiger partial charge in [0, 0.05) is 7.05 Å². The van der Waals surface area contributed by atoms with Crippen LogP contribution in [0.3, 0.4) is 0 Å². The van der Waals surface area contributed by atoms with Crippen LogP contribution in [0.4, 0.5) is 0 Å². The summed E-state index contributed by atoms with van der Waals surface area (Å²) >= 11 is 0. The van der Waals surface area contributed by atoms with Gasteiger partial charge < -0.3 is 4.42 Å². The number of hydrogen-bond acceptors (Lipinski definition) is 7. The van der Waals surface area contributed by atoms with Crippen molar-refractivity contribution in [1.29, 1.82) is 5.26 Å². The van der Waals surface area contributed by atoms with Gasteiger partial charge in [-0.1, -0.05) is 30.3 Å². The number of aromatic nitrogens is 4. The molecule has 4 aromatic rings. The van der Waals surface area contributed by atoms with Gasteiger partial charge in [-0.05, 0) is 17.7 Å². The molecule has 0 atom stereocenters. The second-order valence-corrected chi connectivity index (χ2v) is 7.92. The van der Waals surface area contributed by atoms with E-state index in [1.807, 2.05) is 6.07 Å². The Morgan fingerprint density at radius 3 is 2.54 bits per heavy atom. The molecule has 3 heterocycles. The van der Waals surface area contributed by atoms with E-state index in [4.69, 9.17) is 4.42 Å². The number of hydrogen-bond donors (Lipinski definition) is 0. The Labute approximate surface area is 159 Å². The highest BCUT2D eigenvalue weighted by Gasteiger charge is 2.29. The molecule has 0 aliphatic carbocycles. The minimum atomic E-state index is -3.94. The van der Waals surface area contributed by atoms with Crippen molar-refractivity contribution in [2.45, 2.75) is 10.9 Å². The highest BCUT2D eigenvalue weighted by molar-refractivity contribution is 7.90. The number of rotatable bonds is 4. The predicted octanol–water partition coefficient (Wildman–Crippen LogP) is 1.53. The molecule has 0 saturated heterocycles. The number of furan rings is 1. The Kier molecular flexibility index (Phi) is 4.09. The average molecular weight is 395 g/mol. The molecule has 0 saturated carbocycles. The van der Waals surface area contributed by atoms with Gasteiger partial charge in [-0.2, -0.15) is 5.26 Å². The molecule has 0 N–H and O–H groups in total. The third-order valence-corrected chi connectivity index (χ3v) is 5.77. The molecule has 0 unspecified atom stereocenters. The Morgan fingerprint density at radius 1 is 1.14 bits per heavy atom. The molecule has 4 rings (SSSR count). The van der Waals surface area contributed by atoms with Gasteiger partial charge >= 0.3 is 0 Å². The zero-order valence-corrected chi connectivity index (χ0v) is 15.4. The predicted molar refractivity (Wildman–Crippen MR) is 98.0 cm³/mol. The highest BCUT2D eigenvalue weighted by atomic mass is 32.2. The lowest BCUT2D eigenvalue weighted by Gasteiger charge is -2.10. The molecule has 0 bridgehead atoms. The summed E-state index contributed by atoms with van der Waals surface area (Å²) in [5.74, 6) is -0.158. The number of nitrogens with zero attached hydrogens (tertiary/aromatic N) is 5. The summed E-state index contributed by atoms with van der Waals surface area (Å²) in [5, 5.41) is 16.9. The molecule has 10 heteroatoms. The van der Waals surface area contributed by atoms with Crippen molar-refractivity contribution in [3.8, 4) is 17.5 Å². The van der Waals surface area contributed by atoms with E-state index in [9.17, 15) is 18.5 Å². The van der Waals surface area contributed by atoms with Crippen molar-refractivity contribution in [3.05, 3.63) is 70.2 Å². The van der Waals surface area contributed by atoms with Gasteiger partial charge in [0.25, 0.3) is 10.7 Å². The fraction of sp³-hybridized carbons (Fsp3) is 0.111. The van der Waals surface area contributed by atoms with Crippen molar-refractivity contribution < 1.29 is 12.8 Å². The van der Waals surface area contributed by atoms with Gasteiger partial charge in [-0.3, -0.25) is 9.36 Å².